The molecule has 39 heavy (non-hydrogen) atoms. The molecule has 0 fully saturated rings. The minimum Gasteiger partial charge on any atom is -0.455 e. The summed E-state index contributed by atoms with van der Waals surface area (Å²) in [6, 6.07) is 17.7. The molecule has 3 heterocycles. The summed E-state index contributed by atoms with van der Waals surface area (Å²) in [5, 5.41) is 7.38. The Morgan fingerprint density at radius 1 is 0.974 bits per heavy atom. The highest BCUT2D eigenvalue weighted by atomic mass is 32.2. The van der Waals surface area contributed by atoms with E-state index in [0.29, 0.717) is 30.2 Å². The Kier molecular flexibility index (Phi) is 7.82. The quantitative estimate of drug-likeness (QED) is 0.215. The highest BCUT2D eigenvalue weighted by Crippen LogP contribution is 2.34. The Morgan fingerprint density at radius 2 is 1.79 bits per heavy atom. The number of rotatable bonds is 10. The van der Waals surface area contributed by atoms with E-state index >= 15 is 0 Å². The van der Waals surface area contributed by atoms with Crippen LogP contribution in [0.15, 0.2) is 67.1 Å². The molecular weight excluding hydrogens is 532 g/mol. The van der Waals surface area contributed by atoms with Crippen LogP contribution >= 0.6 is 11.3 Å². The predicted molar refractivity (Wildman–Crippen MR) is 156 cm³/mol. The number of pyridine rings is 1. The van der Waals surface area contributed by atoms with E-state index in [2.05, 4.69) is 25.6 Å². The van der Waals surface area contributed by atoms with Crippen LogP contribution in [-0.2, 0) is 16.4 Å². The van der Waals surface area contributed by atoms with E-state index < -0.39 is 9.84 Å². The van der Waals surface area contributed by atoms with Gasteiger partial charge in [-0.15, -0.1) is 0 Å². The number of anilines is 2. The maximum absolute atomic E-state index is 11.3. The summed E-state index contributed by atoms with van der Waals surface area (Å²) in [6.45, 7) is 4.95. The minimum absolute atomic E-state index is 0.122. The van der Waals surface area contributed by atoms with Gasteiger partial charge in [-0.25, -0.2) is 23.4 Å². The molecule has 0 radical (unpaired) electrons. The van der Waals surface area contributed by atoms with Crippen molar-refractivity contribution in [1.82, 2.24) is 25.3 Å². The van der Waals surface area contributed by atoms with Gasteiger partial charge in [0.15, 0.2) is 5.82 Å². The van der Waals surface area contributed by atoms with Crippen LogP contribution < -0.4 is 15.4 Å². The zero-order valence-corrected chi connectivity index (χ0v) is 23.4. The number of benzene rings is 2. The van der Waals surface area contributed by atoms with Gasteiger partial charge in [-0.2, -0.15) is 0 Å². The molecule has 3 aromatic heterocycles. The molecule has 0 saturated carbocycles. The molecule has 0 saturated heterocycles. The molecule has 0 bridgehead atoms. The van der Waals surface area contributed by atoms with Crippen molar-refractivity contribution in [3.05, 3.63) is 83.9 Å². The largest absolute Gasteiger partial charge is 0.455 e. The Morgan fingerprint density at radius 3 is 2.51 bits per heavy atom. The normalized spacial score (nSPS) is 11.6. The van der Waals surface area contributed by atoms with Gasteiger partial charge in [0.2, 0.25) is 0 Å². The van der Waals surface area contributed by atoms with Gasteiger partial charge in [-0.05, 0) is 55.3 Å². The van der Waals surface area contributed by atoms with Crippen LogP contribution in [0.4, 0.5) is 11.5 Å². The summed E-state index contributed by atoms with van der Waals surface area (Å²) < 4.78 is 28.5. The van der Waals surface area contributed by atoms with E-state index in [0.717, 1.165) is 43.7 Å². The number of nitrogens with zero attached hydrogens (tertiary/aromatic N) is 4. The van der Waals surface area contributed by atoms with Crippen LogP contribution in [0.25, 0.3) is 20.9 Å². The van der Waals surface area contributed by atoms with E-state index in [1.807, 2.05) is 68.4 Å². The molecule has 0 aliphatic rings. The molecule has 0 atom stereocenters. The fourth-order valence-corrected chi connectivity index (χ4v) is 5.27. The Labute approximate surface area is 231 Å². The van der Waals surface area contributed by atoms with Crippen molar-refractivity contribution in [3.8, 4) is 22.1 Å². The number of nitrogens with one attached hydrogen (secondary N) is 2. The summed E-state index contributed by atoms with van der Waals surface area (Å²) in [6.07, 6.45) is 4.49. The highest BCUT2D eigenvalue weighted by Gasteiger charge is 2.13. The lowest BCUT2D eigenvalue weighted by Crippen LogP contribution is -2.21. The lowest BCUT2D eigenvalue weighted by atomic mass is 10.1. The summed E-state index contributed by atoms with van der Waals surface area (Å²) in [4.78, 5) is 18.8. The molecule has 9 nitrogen and oxygen atoms in total. The topological polar surface area (TPSA) is 119 Å². The molecule has 0 spiro atoms. The van der Waals surface area contributed by atoms with Gasteiger partial charge in [0.05, 0.1) is 11.9 Å². The Bertz CT molecular complexity index is 1700. The first kappa shape index (κ1) is 26.7. The lowest BCUT2D eigenvalue weighted by Gasteiger charge is -2.11. The molecule has 0 aliphatic heterocycles. The van der Waals surface area contributed by atoms with Gasteiger partial charge in [-0.1, -0.05) is 35.6 Å². The highest BCUT2D eigenvalue weighted by molar-refractivity contribution is 7.90. The molecule has 2 N–H and O–H groups in total. The van der Waals surface area contributed by atoms with E-state index in [1.165, 1.54) is 23.9 Å². The van der Waals surface area contributed by atoms with Crippen LogP contribution in [-0.4, -0.2) is 46.9 Å². The standard InChI is InChI=1S/C28H28N6O3S2/c1-18-14-22(9-11-24(18)37-23-10-4-19(2)30-16-23)33-26-25-28(32-17-31-26)38-27(34-25)21-7-5-20(6-8-21)15-29-12-13-39(3,35)36/h4-11,14,16-17,29H,12-13,15H2,1-3H3,(H,31,32,33). The summed E-state index contributed by atoms with van der Waals surface area (Å²) in [7, 11) is -2.97. The number of fused-ring (bicyclic) bond motifs is 1. The van der Waals surface area contributed by atoms with Crippen LogP contribution in [0.2, 0.25) is 0 Å². The molecular formula is C28H28N6O3S2. The van der Waals surface area contributed by atoms with Crippen molar-refractivity contribution < 1.29 is 13.2 Å². The molecule has 5 rings (SSSR count). The molecule has 5 aromatic rings. The average molecular weight is 561 g/mol. The van der Waals surface area contributed by atoms with Crippen LogP contribution in [0.1, 0.15) is 16.8 Å². The zero-order chi connectivity index (χ0) is 27.4. The second kappa shape index (κ2) is 11.4. The third-order valence-corrected chi connectivity index (χ3v) is 7.88. The molecule has 2 aromatic carbocycles. The minimum atomic E-state index is -2.97. The summed E-state index contributed by atoms with van der Waals surface area (Å²) in [5.41, 5.74) is 5.52. The van der Waals surface area contributed by atoms with Gasteiger partial charge in [0.1, 0.15) is 43.0 Å². The van der Waals surface area contributed by atoms with Crippen LogP contribution in [0.3, 0.4) is 0 Å². The summed E-state index contributed by atoms with van der Waals surface area (Å²) >= 11 is 1.50. The molecule has 0 amide bonds. The van der Waals surface area contributed by atoms with Crippen molar-refractivity contribution in [3.63, 3.8) is 0 Å². The number of sulfone groups is 1. The van der Waals surface area contributed by atoms with Gasteiger partial charge in [0, 0.05) is 36.3 Å². The SMILES string of the molecule is Cc1ccc(Oc2ccc(Nc3ncnc4sc(-c5ccc(CNCCS(C)(=O)=O)cc5)nc34)cc2C)cn1. The first-order valence-electron chi connectivity index (χ1n) is 12.3. The number of ether oxygens (including phenoxy) is 1. The van der Waals surface area contributed by atoms with Crippen molar-refractivity contribution in [2.75, 3.05) is 23.9 Å². The predicted octanol–water partition coefficient (Wildman–Crippen LogP) is 5.44. The molecule has 200 valence electrons. The maximum atomic E-state index is 11.3. The van der Waals surface area contributed by atoms with E-state index in [-0.39, 0.29) is 5.75 Å². The van der Waals surface area contributed by atoms with Crippen LogP contribution in [0.5, 0.6) is 11.5 Å². The Hall–Kier alpha value is -3.93. The fraction of sp³-hybridized carbons (Fsp3) is 0.214. The Balaban J connectivity index is 1.28. The second-order valence-electron chi connectivity index (χ2n) is 9.24. The lowest BCUT2D eigenvalue weighted by molar-refractivity contribution is 0.476. The zero-order valence-electron chi connectivity index (χ0n) is 21.8. The molecule has 0 aliphatic carbocycles. The third kappa shape index (κ3) is 6.94. The van der Waals surface area contributed by atoms with Crippen molar-refractivity contribution >= 4 is 43.0 Å². The molecule has 0 unspecified atom stereocenters. The summed E-state index contributed by atoms with van der Waals surface area (Å²) in [5.74, 6) is 2.19. The van der Waals surface area contributed by atoms with Crippen molar-refractivity contribution in [1.29, 1.82) is 0 Å². The van der Waals surface area contributed by atoms with E-state index in [9.17, 15) is 8.42 Å². The first-order valence-corrected chi connectivity index (χ1v) is 15.2. The average Bonchev–Trinajstić information content (AvgIpc) is 3.35. The van der Waals surface area contributed by atoms with Crippen molar-refractivity contribution in [2.45, 2.75) is 20.4 Å². The van der Waals surface area contributed by atoms with Gasteiger partial charge < -0.3 is 15.4 Å². The van der Waals surface area contributed by atoms with Gasteiger partial charge in [0.25, 0.3) is 0 Å². The monoisotopic (exact) mass is 560 g/mol. The van der Waals surface area contributed by atoms with E-state index in [4.69, 9.17) is 9.72 Å². The fourth-order valence-electron chi connectivity index (χ4n) is 3.84. The number of aromatic nitrogens is 4. The number of hydrogen-bond acceptors (Lipinski definition) is 10. The number of thiazole rings is 1. The van der Waals surface area contributed by atoms with Gasteiger partial charge in [-0.3, -0.25) is 4.98 Å². The van der Waals surface area contributed by atoms with E-state index in [1.54, 1.807) is 6.20 Å². The second-order valence-corrected chi connectivity index (χ2v) is 12.5. The van der Waals surface area contributed by atoms with Gasteiger partial charge >= 0.3 is 0 Å². The molecule has 11 heteroatoms. The smallest absolute Gasteiger partial charge is 0.161 e. The van der Waals surface area contributed by atoms with Crippen molar-refractivity contribution in [2.24, 2.45) is 0 Å². The number of aryl methyl sites for hydroxylation is 2. The number of hydrogen-bond donors (Lipinski definition) is 2. The van der Waals surface area contributed by atoms with Crippen LogP contribution in [0, 0.1) is 13.8 Å². The maximum Gasteiger partial charge on any atom is 0.161 e. The first-order chi connectivity index (χ1) is 18.7. The third-order valence-electron chi connectivity index (χ3n) is 5.92.